The normalized spacial score (nSPS) is 11.6. The van der Waals surface area contributed by atoms with Crippen molar-refractivity contribution in [3.8, 4) is 0 Å². The van der Waals surface area contributed by atoms with Gasteiger partial charge in [0.25, 0.3) is 5.91 Å². The molecule has 0 radical (unpaired) electrons. The third kappa shape index (κ3) is 2.72. The van der Waals surface area contributed by atoms with E-state index in [1.807, 2.05) is 53.1 Å². The van der Waals surface area contributed by atoms with Gasteiger partial charge in [-0.1, -0.05) is 39.0 Å². The Balaban J connectivity index is 1.83. The van der Waals surface area contributed by atoms with E-state index < -0.39 is 0 Å². The van der Waals surface area contributed by atoms with E-state index in [-0.39, 0.29) is 11.3 Å². The van der Waals surface area contributed by atoms with Gasteiger partial charge in [0.05, 0.1) is 11.7 Å². The van der Waals surface area contributed by atoms with Crippen LogP contribution in [0.3, 0.4) is 0 Å². The lowest BCUT2D eigenvalue weighted by molar-refractivity contribution is 0.102. The maximum atomic E-state index is 12.4. The second kappa shape index (κ2) is 5.30. The fourth-order valence-electron chi connectivity index (χ4n) is 2.33. The Labute approximate surface area is 129 Å². The molecule has 3 aromatic rings. The molecule has 0 saturated heterocycles. The Morgan fingerprint density at radius 3 is 2.50 bits per heavy atom. The molecule has 1 amide bonds. The van der Waals surface area contributed by atoms with Crippen LogP contribution in [0.25, 0.3) is 5.52 Å². The zero-order chi connectivity index (χ0) is 15.7. The minimum Gasteiger partial charge on any atom is -0.292 e. The van der Waals surface area contributed by atoms with Gasteiger partial charge in [0.2, 0.25) is 5.95 Å². The van der Waals surface area contributed by atoms with Gasteiger partial charge in [-0.25, -0.2) is 4.98 Å². The number of carbonyl (C=O) groups is 1. The number of nitrogens with one attached hydrogen (secondary N) is 1. The van der Waals surface area contributed by atoms with Crippen LogP contribution < -0.4 is 5.32 Å². The van der Waals surface area contributed by atoms with Crippen LogP contribution in [-0.2, 0) is 5.41 Å². The van der Waals surface area contributed by atoms with Crippen molar-refractivity contribution in [2.75, 3.05) is 5.32 Å². The van der Waals surface area contributed by atoms with Crippen molar-refractivity contribution in [3.63, 3.8) is 0 Å². The lowest BCUT2D eigenvalue weighted by atomic mass is 9.87. The first-order valence-electron chi connectivity index (χ1n) is 7.29. The van der Waals surface area contributed by atoms with Gasteiger partial charge < -0.3 is 0 Å². The molecule has 0 aliphatic carbocycles. The second-order valence-corrected chi connectivity index (χ2v) is 6.36. The number of pyridine rings is 1. The summed E-state index contributed by atoms with van der Waals surface area (Å²) in [5, 5.41) is 2.85. The van der Waals surface area contributed by atoms with Gasteiger partial charge in [-0.05, 0) is 35.2 Å². The van der Waals surface area contributed by atoms with Gasteiger partial charge in [-0.2, -0.15) is 0 Å². The maximum Gasteiger partial charge on any atom is 0.257 e. The summed E-state index contributed by atoms with van der Waals surface area (Å²) in [5.74, 6) is 0.373. The highest BCUT2D eigenvalue weighted by molar-refractivity contribution is 6.03. The van der Waals surface area contributed by atoms with Crippen molar-refractivity contribution < 1.29 is 4.79 Å². The zero-order valence-electron chi connectivity index (χ0n) is 13.0. The highest BCUT2D eigenvalue weighted by atomic mass is 16.1. The first kappa shape index (κ1) is 14.3. The van der Waals surface area contributed by atoms with Crippen LogP contribution in [0.5, 0.6) is 0 Å². The molecule has 1 N–H and O–H groups in total. The summed E-state index contributed by atoms with van der Waals surface area (Å²) in [6.45, 7) is 6.45. The molecule has 2 heterocycles. The van der Waals surface area contributed by atoms with Crippen molar-refractivity contribution in [2.24, 2.45) is 0 Å². The molecule has 22 heavy (non-hydrogen) atoms. The molecule has 0 aliphatic rings. The van der Waals surface area contributed by atoms with Gasteiger partial charge >= 0.3 is 0 Å². The third-order valence-electron chi connectivity index (χ3n) is 3.68. The van der Waals surface area contributed by atoms with E-state index in [0.29, 0.717) is 11.5 Å². The SMILES string of the molecule is CC(C)(C)c1ccc(C(=O)Nc2ncc3ccccn23)cc1. The van der Waals surface area contributed by atoms with Gasteiger partial charge in [-0.15, -0.1) is 0 Å². The van der Waals surface area contributed by atoms with Crippen LogP contribution in [0.2, 0.25) is 0 Å². The number of benzene rings is 1. The van der Waals surface area contributed by atoms with E-state index >= 15 is 0 Å². The van der Waals surface area contributed by atoms with Crippen molar-refractivity contribution >= 4 is 17.4 Å². The number of rotatable bonds is 2. The van der Waals surface area contributed by atoms with Crippen LogP contribution in [0.4, 0.5) is 5.95 Å². The number of amides is 1. The van der Waals surface area contributed by atoms with E-state index in [2.05, 4.69) is 31.1 Å². The number of anilines is 1. The number of nitrogens with zero attached hydrogens (tertiary/aromatic N) is 2. The first-order valence-corrected chi connectivity index (χ1v) is 7.29. The quantitative estimate of drug-likeness (QED) is 0.779. The minimum atomic E-state index is -0.156. The summed E-state index contributed by atoms with van der Waals surface area (Å²) in [6.07, 6.45) is 3.61. The number of carbonyl (C=O) groups excluding carboxylic acids is 1. The number of imidazole rings is 1. The van der Waals surface area contributed by atoms with E-state index in [1.54, 1.807) is 6.20 Å². The predicted octanol–water partition coefficient (Wildman–Crippen LogP) is 3.88. The van der Waals surface area contributed by atoms with Crippen LogP contribution in [0.1, 0.15) is 36.7 Å². The number of aromatic nitrogens is 2. The smallest absolute Gasteiger partial charge is 0.257 e. The van der Waals surface area contributed by atoms with Gasteiger partial charge in [-0.3, -0.25) is 14.5 Å². The molecule has 4 heteroatoms. The van der Waals surface area contributed by atoms with Crippen LogP contribution >= 0.6 is 0 Å². The molecule has 0 atom stereocenters. The summed E-state index contributed by atoms with van der Waals surface area (Å²) in [5.41, 5.74) is 2.85. The Bertz CT molecular complexity index is 810. The summed E-state index contributed by atoms with van der Waals surface area (Å²) >= 11 is 0. The summed E-state index contributed by atoms with van der Waals surface area (Å²) in [4.78, 5) is 16.6. The molecule has 1 aromatic carbocycles. The largest absolute Gasteiger partial charge is 0.292 e. The van der Waals surface area contributed by atoms with E-state index in [0.717, 1.165) is 5.52 Å². The fourth-order valence-corrected chi connectivity index (χ4v) is 2.33. The monoisotopic (exact) mass is 293 g/mol. The Morgan fingerprint density at radius 2 is 1.82 bits per heavy atom. The molecule has 0 bridgehead atoms. The lowest BCUT2D eigenvalue weighted by Crippen LogP contribution is -2.15. The molecule has 3 rings (SSSR count). The molecular formula is C18H19N3O. The summed E-state index contributed by atoms with van der Waals surface area (Å²) in [6, 6.07) is 13.5. The lowest BCUT2D eigenvalue weighted by Gasteiger charge is -2.19. The van der Waals surface area contributed by atoms with Gasteiger partial charge in [0, 0.05) is 11.8 Å². The molecular weight excluding hydrogens is 274 g/mol. The first-order chi connectivity index (χ1) is 10.4. The predicted molar refractivity (Wildman–Crippen MR) is 88.3 cm³/mol. The zero-order valence-corrected chi connectivity index (χ0v) is 13.0. The molecule has 0 unspecified atom stereocenters. The summed E-state index contributed by atoms with van der Waals surface area (Å²) < 4.78 is 1.85. The molecule has 0 fully saturated rings. The van der Waals surface area contributed by atoms with Crippen molar-refractivity contribution in [2.45, 2.75) is 26.2 Å². The number of hydrogen-bond acceptors (Lipinski definition) is 2. The van der Waals surface area contributed by atoms with Gasteiger partial charge in [0.1, 0.15) is 0 Å². The van der Waals surface area contributed by atoms with Crippen molar-refractivity contribution in [3.05, 3.63) is 66.0 Å². The molecule has 0 aliphatic heterocycles. The van der Waals surface area contributed by atoms with Crippen LogP contribution in [-0.4, -0.2) is 15.3 Å². The van der Waals surface area contributed by atoms with E-state index in [1.165, 1.54) is 5.56 Å². The highest BCUT2D eigenvalue weighted by Gasteiger charge is 2.15. The number of fused-ring (bicyclic) bond motifs is 1. The highest BCUT2D eigenvalue weighted by Crippen LogP contribution is 2.22. The van der Waals surface area contributed by atoms with Crippen LogP contribution in [0.15, 0.2) is 54.9 Å². The van der Waals surface area contributed by atoms with Crippen LogP contribution in [0, 0.1) is 0 Å². The van der Waals surface area contributed by atoms with E-state index in [9.17, 15) is 4.79 Å². The van der Waals surface area contributed by atoms with Crippen molar-refractivity contribution in [1.82, 2.24) is 9.38 Å². The minimum absolute atomic E-state index is 0.0777. The molecule has 0 spiro atoms. The van der Waals surface area contributed by atoms with Crippen molar-refractivity contribution in [1.29, 1.82) is 0 Å². The average Bonchev–Trinajstić information content (AvgIpc) is 2.90. The van der Waals surface area contributed by atoms with E-state index in [4.69, 9.17) is 0 Å². The maximum absolute atomic E-state index is 12.4. The molecule has 0 saturated carbocycles. The van der Waals surface area contributed by atoms with Gasteiger partial charge in [0.15, 0.2) is 0 Å². The Morgan fingerprint density at radius 1 is 1.09 bits per heavy atom. The fraction of sp³-hybridized carbons (Fsp3) is 0.222. The number of hydrogen-bond donors (Lipinski definition) is 1. The molecule has 2 aromatic heterocycles. The Kier molecular flexibility index (Phi) is 3.45. The third-order valence-corrected chi connectivity index (χ3v) is 3.68. The summed E-state index contributed by atoms with van der Waals surface area (Å²) in [7, 11) is 0. The average molecular weight is 293 g/mol. The Hall–Kier alpha value is -2.62. The molecule has 112 valence electrons. The second-order valence-electron chi connectivity index (χ2n) is 6.36. The topological polar surface area (TPSA) is 46.4 Å². The standard InChI is InChI=1S/C18H19N3O/c1-18(2,3)14-9-7-13(8-10-14)16(22)20-17-19-12-15-6-4-5-11-21(15)17/h4-12H,1-3H3,(H,19,20,22). The molecule has 4 nitrogen and oxygen atoms in total.